The second-order valence-corrected chi connectivity index (χ2v) is 12.2. The second kappa shape index (κ2) is 11.5. The zero-order valence-electron chi connectivity index (χ0n) is 21.2. The highest BCUT2D eigenvalue weighted by Gasteiger charge is 2.33. The Bertz CT molecular complexity index is 1750. The average Bonchev–Trinajstić information content (AvgIpc) is 2.92. The lowest BCUT2D eigenvalue weighted by Crippen LogP contribution is -2.38. The summed E-state index contributed by atoms with van der Waals surface area (Å²) in [5.74, 6) is -1.03. The van der Waals surface area contributed by atoms with E-state index < -0.39 is 44.2 Å². The number of hydrogen-bond acceptors (Lipinski definition) is 7. The topological polar surface area (TPSA) is 138 Å². The number of alkyl halides is 3. The molecule has 0 unspecified atom stereocenters. The zero-order chi connectivity index (χ0) is 29.8. The minimum Gasteiger partial charge on any atom is -0.325 e. The standard InChI is InChI=1S/C26H22F3N5O5S2/c1-18-6-10-23(11-7-18)41(38,39)34(21-5-2-4-19(16-21)26(27,28)29)17-24(35)32-20-8-12-22(13-9-20)40(36,37)33-25-30-14-3-15-31-25/h2-16H,17H2,1H3,(H,32,35)(H,30,31,33). The van der Waals surface area contributed by atoms with Gasteiger partial charge < -0.3 is 5.32 Å². The van der Waals surface area contributed by atoms with Crippen molar-refractivity contribution < 1.29 is 34.8 Å². The molecular weight excluding hydrogens is 583 g/mol. The Morgan fingerprint density at radius 1 is 0.854 bits per heavy atom. The Morgan fingerprint density at radius 2 is 1.46 bits per heavy atom. The number of carbonyl (C=O) groups is 1. The number of anilines is 3. The number of halogens is 3. The van der Waals surface area contributed by atoms with Crippen molar-refractivity contribution in [2.45, 2.75) is 22.9 Å². The minimum atomic E-state index is -4.75. The van der Waals surface area contributed by atoms with E-state index in [0.717, 1.165) is 23.8 Å². The molecule has 1 aromatic heterocycles. The lowest BCUT2D eigenvalue weighted by molar-refractivity contribution is -0.137. The number of carbonyl (C=O) groups excluding carboxylic acids is 1. The molecule has 0 atom stereocenters. The Morgan fingerprint density at radius 3 is 2.07 bits per heavy atom. The van der Waals surface area contributed by atoms with E-state index in [2.05, 4.69) is 20.0 Å². The fourth-order valence-electron chi connectivity index (χ4n) is 3.57. The van der Waals surface area contributed by atoms with Crippen molar-refractivity contribution in [1.82, 2.24) is 9.97 Å². The third-order valence-corrected chi connectivity index (χ3v) is 8.73. The lowest BCUT2D eigenvalue weighted by Gasteiger charge is -2.25. The molecule has 2 N–H and O–H groups in total. The highest BCUT2D eigenvalue weighted by atomic mass is 32.2. The summed E-state index contributed by atoms with van der Waals surface area (Å²) in [6.07, 6.45) is -2.04. The first kappa shape index (κ1) is 29.5. The molecule has 214 valence electrons. The van der Waals surface area contributed by atoms with Crippen LogP contribution < -0.4 is 14.3 Å². The van der Waals surface area contributed by atoms with Gasteiger partial charge in [0.25, 0.3) is 20.0 Å². The van der Waals surface area contributed by atoms with Crippen LogP contribution in [0.3, 0.4) is 0 Å². The summed E-state index contributed by atoms with van der Waals surface area (Å²) in [7, 11) is -8.52. The molecule has 0 radical (unpaired) electrons. The molecule has 1 heterocycles. The number of aryl methyl sites for hydroxylation is 1. The Hall–Kier alpha value is -4.50. The largest absolute Gasteiger partial charge is 0.416 e. The summed E-state index contributed by atoms with van der Waals surface area (Å²) in [5, 5.41) is 2.44. The maximum Gasteiger partial charge on any atom is 0.416 e. The van der Waals surface area contributed by atoms with Gasteiger partial charge in [0, 0.05) is 18.1 Å². The van der Waals surface area contributed by atoms with Crippen molar-refractivity contribution in [2.24, 2.45) is 0 Å². The number of aromatic nitrogens is 2. The first-order chi connectivity index (χ1) is 19.3. The number of hydrogen-bond donors (Lipinski definition) is 2. The molecular formula is C26H22F3N5O5S2. The van der Waals surface area contributed by atoms with E-state index in [1.807, 2.05) is 0 Å². The van der Waals surface area contributed by atoms with Crippen LogP contribution in [0.1, 0.15) is 11.1 Å². The summed E-state index contributed by atoms with van der Waals surface area (Å²) in [4.78, 5) is 20.1. The number of nitrogens with zero attached hydrogens (tertiary/aromatic N) is 3. The Kier molecular flexibility index (Phi) is 8.30. The van der Waals surface area contributed by atoms with Gasteiger partial charge in [0.05, 0.1) is 21.0 Å². The van der Waals surface area contributed by atoms with Crippen LogP contribution in [-0.2, 0) is 31.0 Å². The lowest BCUT2D eigenvalue weighted by atomic mass is 10.2. The van der Waals surface area contributed by atoms with E-state index in [4.69, 9.17) is 0 Å². The normalized spacial score (nSPS) is 12.0. The van der Waals surface area contributed by atoms with Crippen molar-refractivity contribution in [3.8, 4) is 0 Å². The molecule has 4 aromatic rings. The monoisotopic (exact) mass is 605 g/mol. The highest BCUT2D eigenvalue weighted by Crippen LogP contribution is 2.33. The van der Waals surface area contributed by atoms with Gasteiger partial charge in [-0.2, -0.15) is 13.2 Å². The summed E-state index contributed by atoms with van der Waals surface area (Å²) < 4.78 is 95.0. The molecule has 3 aromatic carbocycles. The summed E-state index contributed by atoms with van der Waals surface area (Å²) in [6.45, 7) is 0.862. The smallest absolute Gasteiger partial charge is 0.325 e. The molecule has 0 aliphatic heterocycles. The second-order valence-electron chi connectivity index (χ2n) is 8.62. The van der Waals surface area contributed by atoms with Gasteiger partial charge in [-0.15, -0.1) is 0 Å². The SMILES string of the molecule is Cc1ccc(S(=O)(=O)N(CC(=O)Nc2ccc(S(=O)(=O)Nc3ncccn3)cc2)c2cccc(C(F)(F)F)c2)cc1. The van der Waals surface area contributed by atoms with Crippen molar-refractivity contribution in [2.75, 3.05) is 20.9 Å². The maximum absolute atomic E-state index is 13.5. The van der Waals surface area contributed by atoms with E-state index in [0.29, 0.717) is 10.4 Å². The van der Waals surface area contributed by atoms with Crippen LogP contribution in [-0.4, -0.2) is 39.3 Å². The molecule has 4 rings (SSSR count). The molecule has 10 nitrogen and oxygen atoms in total. The van der Waals surface area contributed by atoms with Crippen molar-refractivity contribution in [3.63, 3.8) is 0 Å². The molecule has 0 aliphatic carbocycles. The van der Waals surface area contributed by atoms with E-state index in [1.165, 1.54) is 67.0 Å². The van der Waals surface area contributed by atoms with Crippen LogP contribution in [0, 0.1) is 6.92 Å². The number of sulfonamides is 2. The van der Waals surface area contributed by atoms with Crippen LogP contribution in [0.2, 0.25) is 0 Å². The molecule has 0 saturated carbocycles. The van der Waals surface area contributed by atoms with E-state index in [1.54, 1.807) is 6.92 Å². The van der Waals surface area contributed by atoms with Gasteiger partial charge in [-0.1, -0.05) is 23.8 Å². The van der Waals surface area contributed by atoms with Gasteiger partial charge in [0.2, 0.25) is 11.9 Å². The van der Waals surface area contributed by atoms with Crippen LogP contribution in [0.15, 0.2) is 101 Å². The average molecular weight is 606 g/mol. The minimum absolute atomic E-state index is 0.113. The molecule has 0 spiro atoms. The molecule has 0 saturated heterocycles. The first-order valence-corrected chi connectivity index (χ1v) is 14.6. The van der Waals surface area contributed by atoms with Crippen LogP contribution >= 0.6 is 0 Å². The molecule has 0 bridgehead atoms. The third kappa shape index (κ3) is 7.18. The number of benzene rings is 3. The quantitative estimate of drug-likeness (QED) is 0.288. The summed E-state index contributed by atoms with van der Waals surface area (Å²) in [6, 6.07) is 15.7. The highest BCUT2D eigenvalue weighted by molar-refractivity contribution is 7.93. The predicted octanol–water partition coefficient (Wildman–Crippen LogP) is 4.44. The molecule has 0 aliphatic rings. The van der Waals surface area contributed by atoms with Crippen molar-refractivity contribution in [1.29, 1.82) is 0 Å². The maximum atomic E-state index is 13.5. The number of nitrogens with one attached hydrogen (secondary N) is 2. The predicted molar refractivity (Wildman–Crippen MR) is 145 cm³/mol. The molecule has 41 heavy (non-hydrogen) atoms. The third-order valence-electron chi connectivity index (χ3n) is 5.60. The Balaban J connectivity index is 1.58. The van der Waals surface area contributed by atoms with Crippen LogP contribution in [0.25, 0.3) is 0 Å². The number of rotatable bonds is 9. The van der Waals surface area contributed by atoms with Gasteiger partial charge in [0.1, 0.15) is 6.54 Å². The Labute approximate surface area is 234 Å². The summed E-state index contributed by atoms with van der Waals surface area (Å²) in [5.41, 5.74) is -0.595. The fraction of sp³-hybridized carbons (Fsp3) is 0.115. The van der Waals surface area contributed by atoms with E-state index >= 15 is 0 Å². The zero-order valence-corrected chi connectivity index (χ0v) is 22.8. The fourth-order valence-corrected chi connectivity index (χ4v) is 5.94. The molecule has 15 heteroatoms. The van der Waals surface area contributed by atoms with Gasteiger partial charge in [-0.3, -0.25) is 9.10 Å². The van der Waals surface area contributed by atoms with Crippen LogP contribution in [0.4, 0.5) is 30.5 Å². The van der Waals surface area contributed by atoms with Gasteiger partial charge >= 0.3 is 6.18 Å². The van der Waals surface area contributed by atoms with Crippen molar-refractivity contribution >= 4 is 43.3 Å². The van der Waals surface area contributed by atoms with Crippen molar-refractivity contribution in [3.05, 3.63) is 102 Å². The van der Waals surface area contributed by atoms with Gasteiger partial charge in [0.15, 0.2) is 0 Å². The molecule has 1 amide bonds. The van der Waals surface area contributed by atoms with E-state index in [9.17, 15) is 34.8 Å². The van der Waals surface area contributed by atoms with Gasteiger partial charge in [-0.25, -0.2) is 31.5 Å². The summed E-state index contributed by atoms with van der Waals surface area (Å²) >= 11 is 0. The van der Waals surface area contributed by atoms with Gasteiger partial charge in [-0.05, 0) is 67.6 Å². The molecule has 0 fully saturated rings. The first-order valence-electron chi connectivity index (χ1n) is 11.7. The number of amides is 1. The van der Waals surface area contributed by atoms with Crippen LogP contribution in [0.5, 0.6) is 0 Å². The van der Waals surface area contributed by atoms with E-state index in [-0.39, 0.29) is 27.1 Å².